The number of hydrogen-bond donors (Lipinski definition) is 3. The van der Waals surface area contributed by atoms with E-state index in [1.165, 1.54) is 0 Å². The number of hydrogen-bond acceptors (Lipinski definition) is 4. The predicted molar refractivity (Wildman–Crippen MR) is 97.7 cm³/mol. The number of nitrogens with zero attached hydrogens (tertiary/aromatic N) is 1. The van der Waals surface area contributed by atoms with E-state index in [0.717, 1.165) is 37.7 Å². The zero-order valence-corrected chi connectivity index (χ0v) is 15.1. The normalized spacial score (nSPS) is 19.3. The van der Waals surface area contributed by atoms with Crippen molar-refractivity contribution in [1.29, 1.82) is 0 Å². The maximum Gasteiger partial charge on any atom is 0.322 e. The van der Waals surface area contributed by atoms with Gasteiger partial charge in [0.15, 0.2) is 0 Å². The van der Waals surface area contributed by atoms with Crippen LogP contribution in [0.4, 0.5) is 0 Å². The van der Waals surface area contributed by atoms with Crippen molar-refractivity contribution in [1.82, 2.24) is 10.2 Å². The van der Waals surface area contributed by atoms with E-state index in [1.54, 1.807) is 4.90 Å². The minimum atomic E-state index is -1.21. The number of carboxylic acids is 1. The molecule has 7 heteroatoms. The second-order valence-electron chi connectivity index (χ2n) is 7.24. The van der Waals surface area contributed by atoms with Crippen LogP contribution in [0.25, 0.3) is 0 Å². The lowest BCUT2D eigenvalue weighted by Gasteiger charge is -2.49. The van der Waals surface area contributed by atoms with Crippen molar-refractivity contribution in [3.8, 4) is 0 Å². The van der Waals surface area contributed by atoms with E-state index in [9.17, 15) is 19.5 Å². The SMILES string of the molecule is O=C(O)CNC(=O)C1=C(O)CC2(CCCCC2)N(Cc2ccccc2)C1=O. The third-order valence-corrected chi connectivity index (χ3v) is 5.41. The summed E-state index contributed by atoms with van der Waals surface area (Å²) in [7, 11) is 0. The number of carbonyl (C=O) groups is 3. The second-order valence-corrected chi connectivity index (χ2v) is 7.24. The molecule has 2 amide bonds. The maximum atomic E-state index is 13.2. The summed E-state index contributed by atoms with van der Waals surface area (Å²) in [5.74, 6) is -2.83. The monoisotopic (exact) mass is 372 g/mol. The largest absolute Gasteiger partial charge is 0.511 e. The van der Waals surface area contributed by atoms with Crippen molar-refractivity contribution in [3.63, 3.8) is 0 Å². The Labute approximate surface area is 157 Å². The molecule has 0 radical (unpaired) electrons. The van der Waals surface area contributed by atoms with E-state index in [1.807, 2.05) is 30.3 Å². The Morgan fingerprint density at radius 3 is 2.41 bits per heavy atom. The van der Waals surface area contributed by atoms with Crippen LogP contribution in [0.2, 0.25) is 0 Å². The second kappa shape index (κ2) is 7.82. The van der Waals surface area contributed by atoms with Gasteiger partial charge in [0.1, 0.15) is 17.9 Å². The lowest BCUT2D eigenvalue weighted by atomic mass is 9.74. The Morgan fingerprint density at radius 2 is 1.78 bits per heavy atom. The average molecular weight is 372 g/mol. The van der Waals surface area contributed by atoms with E-state index >= 15 is 0 Å². The highest BCUT2D eigenvalue weighted by atomic mass is 16.4. The number of rotatable bonds is 5. The van der Waals surface area contributed by atoms with Crippen LogP contribution in [0, 0.1) is 0 Å². The summed E-state index contributed by atoms with van der Waals surface area (Å²) in [6.07, 6.45) is 4.80. The summed E-state index contributed by atoms with van der Waals surface area (Å²) >= 11 is 0. The minimum absolute atomic E-state index is 0.224. The van der Waals surface area contributed by atoms with Gasteiger partial charge < -0.3 is 20.4 Å². The molecule has 2 aliphatic rings. The van der Waals surface area contributed by atoms with Crippen molar-refractivity contribution >= 4 is 17.8 Å². The summed E-state index contributed by atoms with van der Waals surface area (Å²) in [5.41, 5.74) is 0.108. The Hall–Kier alpha value is -2.83. The first kappa shape index (κ1) is 18.9. The molecule has 144 valence electrons. The highest BCUT2D eigenvalue weighted by molar-refractivity contribution is 6.19. The number of carbonyl (C=O) groups excluding carboxylic acids is 2. The maximum absolute atomic E-state index is 13.2. The molecule has 1 aromatic rings. The molecule has 1 heterocycles. The smallest absolute Gasteiger partial charge is 0.322 e. The van der Waals surface area contributed by atoms with Crippen molar-refractivity contribution in [3.05, 3.63) is 47.2 Å². The number of benzene rings is 1. The third-order valence-electron chi connectivity index (χ3n) is 5.41. The van der Waals surface area contributed by atoms with Crippen LogP contribution in [-0.4, -0.2) is 45.0 Å². The zero-order chi connectivity index (χ0) is 19.4. The van der Waals surface area contributed by atoms with Gasteiger partial charge in [0, 0.05) is 13.0 Å². The molecule has 1 aliphatic carbocycles. The van der Waals surface area contributed by atoms with Gasteiger partial charge in [0.25, 0.3) is 11.8 Å². The summed E-state index contributed by atoms with van der Waals surface area (Å²) in [5, 5.41) is 21.4. The fourth-order valence-electron chi connectivity index (χ4n) is 4.10. The summed E-state index contributed by atoms with van der Waals surface area (Å²) in [6.45, 7) is -0.255. The number of aliphatic carboxylic acids is 1. The molecule has 7 nitrogen and oxygen atoms in total. The number of aliphatic hydroxyl groups excluding tert-OH is 1. The average Bonchev–Trinajstić information content (AvgIpc) is 2.65. The van der Waals surface area contributed by atoms with Crippen LogP contribution in [0.15, 0.2) is 41.7 Å². The van der Waals surface area contributed by atoms with Crippen LogP contribution in [0.3, 0.4) is 0 Å². The van der Waals surface area contributed by atoms with E-state index in [2.05, 4.69) is 5.32 Å². The quantitative estimate of drug-likeness (QED) is 0.687. The number of amides is 2. The van der Waals surface area contributed by atoms with Gasteiger partial charge in [-0.2, -0.15) is 0 Å². The van der Waals surface area contributed by atoms with Gasteiger partial charge in [-0.05, 0) is 18.4 Å². The van der Waals surface area contributed by atoms with Crippen LogP contribution < -0.4 is 5.32 Å². The van der Waals surface area contributed by atoms with E-state index in [-0.39, 0.29) is 17.8 Å². The summed E-state index contributed by atoms with van der Waals surface area (Å²) < 4.78 is 0. The van der Waals surface area contributed by atoms with Gasteiger partial charge in [0.05, 0.1) is 5.54 Å². The lowest BCUT2D eigenvalue weighted by Crippen LogP contribution is -2.57. The third kappa shape index (κ3) is 3.97. The summed E-state index contributed by atoms with van der Waals surface area (Å²) in [6, 6.07) is 9.53. The Balaban J connectivity index is 1.93. The van der Waals surface area contributed by atoms with E-state index in [4.69, 9.17) is 5.11 Å². The topological polar surface area (TPSA) is 107 Å². The fourth-order valence-corrected chi connectivity index (χ4v) is 4.10. The first-order valence-electron chi connectivity index (χ1n) is 9.21. The van der Waals surface area contributed by atoms with Gasteiger partial charge in [-0.15, -0.1) is 0 Å². The highest BCUT2D eigenvalue weighted by Gasteiger charge is 2.48. The molecule has 27 heavy (non-hydrogen) atoms. The molecule has 1 saturated carbocycles. The molecule has 1 aliphatic heterocycles. The van der Waals surface area contributed by atoms with Gasteiger partial charge >= 0.3 is 5.97 Å². The molecule has 3 rings (SSSR count). The minimum Gasteiger partial charge on any atom is -0.511 e. The predicted octanol–water partition coefficient (Wildman–Crippen LogP) is 2.13. The highest BCUT2D eigenvalue weighted by Crippen LogP contribution is 2.43. The van der Waals surface area contributed by atoms with Crippen molar-refractivity contribution < 1.29 is 24.6 Å². The Morgan fingerprint density at radius 1 is 1.11 bits per heavy atom. The molecule has 0 bridgehead atoms. The van der Waals surface area contributed by atoms with Crippen molar-refractivity contribution in [2.24, 2.45) is 0 Å². The molecule has 1 fully saturated rings. The molecule has 1 aromatic carbocycles. The molecule has 1 spiro atoms. The molecule has 0 atom stereocenters. The van der Waals surface area contributed by atoms with Crippen molar-refractivity contribution in [2.45, 2.75) is 50.6 Å². The van der Waals surface area contributed by atoms with Crippen LogP contribution >= 0.6 is 0 Å². The number of nitrogens with one attached hydrogen (secondary N) is 1. The van der Waals surface area contributed by atoms with Crippen LogP contribution in [0.5, 0.6) is 0 Å². The first-order chi connectivity index (χ1) is 12.9. The zero-order valence-electron chi connectivity index (χ0n) is 15.1. The Bertz CT molecular complexity index is 766. The fraction of sp³-hybridized carbons (Fsp3) is 0.450. The number of aliphatic hydroxyl groups is 1. The van der Waals surface area contributed by atoms with Gasteiger partial charge in [0.2, 0.25) is 0 Å². The number of carboxylic acid groups (broad SMARTS) is 1. The van der Waals surface area contributed by atoms with Crippen LogP contribution in [-0.2, 0) is 20.9 Å². The van der Waals surface area contributed by atoms with Crippen molar-refractivity contribution in [2.75, 3.05) is 6.54 Å². The van der Waals surface area contributed by atoms with Crippen LogP contribution in [0.1, 0.15) is 44.1 Å². The Kier molecular flexibility index (Phi) is 5.48. The van der Waals surface area contributed by atoms with Gasteiger partial charge in [-0.1, -0.05) is 49.6 Å². The molecular formula is C20H24N2O5. The van der Waals surface area contributed by atoms with Gasteiger partial charge in [-0.3, -0.25) is 14.4 Å². The van der Waals surface area contributed by atoms with E-state index in [0.29, 0.717) is 6.54 Å². The molecule has 3 N–H and O–H groups in total. The van der Waals surface area contributed by atoms with Gasteiger partial charge in [-0.25, -0.2) is 0 Å². The molecule has 0 unspecified atom stereocenters. The standard InChI is InChI=1S/C20H24N2O5/c23-15-11-20(9-5-2-6-10-20)22(13-14-7-3-1-4-8-14)19(27)17(15)18(26)21-12-16(24)25/h1,3-4,7-8,23H,2,5-6,9-13H2,(H,21,26)(H,24,25). The summed E-state index contributed by atoms with van der Waals surface area (Å²) in [4.78, 5) is 38.0. The first-order valence-corrected chi connectivity index (χ1v) is 9.21. The lowest BCUT2D eigenvalue weighted by molar-refractivity contribution is -0.142. The van der Waals surface area contributed by atoms with E-state index < -0.39 is 29.9 Å². The molecule has 0 aromatic heterocycles. The molecule has 0 saturated heterocycles. The molecular weight excluding hydrogens is 348 g/mol.